The molecule has 4 rings (SSSR count). The van der Waals surface area contributed by atoms with Gasteiger partial charge in [-0.05, 0) is 29.8 Å². The first kappa shape index (κ1) is 17.4. The SMILES string of the molecule is COc1ccc(-c2cnnc(NCC3CNNC3c3ccccc3)n2)cc1. The Balaban J connectivity index is 1.44. The number of anilines is 1. The van der Waals surface area contributed by atoms with Gasteiger partial charge in [0.2, 0.25) is 5.95 Å². The second kappa shape index (κ2) is 8.11. The van der Waals surface area contributed by atoms with E-state index in [1.165, 1.54) is 5.56 Å². The van der Waals surface area contributed by atoms with Crippen LogP contribution in [0.5, 0.6) is 5.75 Å². The van der Waals surface area contributed by atoms with Crippen LogP contribution in [0.2, 0.25) is 0 Å². The molecule has 3 N–H and O–H groups in total. The fourth-order valence-electron chi connectivity index (χ4n) is 3.24. The van der Waals surface area contributed by atoms with E-state index in [-0.39, 0.29) is 6.04 Å². The maximum Gasteiger partial charge on any atom is 0.243 e. The van der Waals surface area contributed by atoms with Gasteiger partial charge in [-0.3, -0.25) is 5.43 Å². The van der Waals surface area contributed by atoms with E-state index in [0.29, 0.717) is 11.9 Å². The lowest BCUT2D eigenvalue weighted by Gasteiger charge is -2.19. The summed E-state index contributed by atoms with van der Waals surface area (Å²) in [4.78, 5) is 4.59. The summed E-state index contributed by atoms with van der Waals surface area (Å²) < 4.78 is 5.20. The van der Waals surface area contributed by atoms with E-state index < -0.39 is 0 Å². The summed E-state index contributed by atoms with van der Waals surface area (Å²) in [7, 11) is 1.65. The van der Waals surface area contributed by atoms with Crippen molar-refractivity contribution in [2.24, 2.45) is 5.92 Å². The predicted octanol–water partition coefficient (Wildman–Crippen LogP) is 2.42. The van der Waals surface area contributed by atoms with E-state index in [9.17, 15) is 0 Å². The van der Waals surface area contributed by atoms with Crippen LogP contribution in [0.25, 0.3) is 11.3 Å². The molecular weight excluding hydrogens is 340 g/mol. The van der Waals surface area contributed by atoms with Gasteiger partial charge in [0.1, 0.15) is 5.75 Å². The summed E-state index contributed by atoms with van der Waals surface area (Å²) in [5.74, 6) is 1.72. The lowest BCUT2D eigenvalue weighted by molar-refractivity contribution is 0.415. The molecule has 7 heteroatoms. The first-order valence-corrected chi connectivity index (χ1v) is 8.95. The van der Waals surface area contributed by atoms with Crippen molar-refractivity contribution in [2.75, 3.05) is 25.5 Å². The van der Waals surface area contributed by atoms with Gasteiger partial charge in [-0.15, -0.1) is 5.10 Å². The molecule has 2 unspecified atom stereocenters. The monoisotopic (exact) mass is 362 g/mol. The van der Waals surface area contributed by atoms with Gasteiger partial charge in [0, 0.05) is 24.6 Å². The predicted molar refractivity (Wildman–Crippen MR) is 104 cm³/mol. The lowest BCUT2D eigenvalue weighted by Crippen LogP contribution is -2.26. The highest BCUT2D eigenvalue weighted by atomic mass is 16.5. The van der Waals surface area contributed by atoms with Crippen molar-refractivity contribution in [3.05, 3.63) is 66.4 Å². The number of methoxy groups -OCH3 is 1. The summed E-state index contributed by atoms with van der Waals surface area (Å²) in [5, 5.41) is 11.5. The van der Waals surface area contributed by atoms with Crippen molar-refractivity contribution < 1.29 is 4.74 Å². The van der Waals surface area contributed by atoms with Gasteiger partial charge < -0.3 is 10.1 Å². The summed E-state index contributed by atoms with van der Waals surface area (Å²) >= 11 is 0. The molecule has 138 valence electrons. The van der Waals surface area contributed by atoms with E-state index in [1.807, 2.05) is 30.3 Å². The third-order valence-corrected chi connectivity index (χ3v) is 4.72. The molecule has 1 aliphatic rings. The normalized spacial score (nSPS) is 19.0. The molecule has 0 saturated carbocycles. The second-order valence-electron chi connectivity index (χ2n) is 6.45. The average Bonchev–Trinajstić information content (AvgIpc) is 3.22. The Hall–Kier alpha value is -3.03. The van der Waals surface area contributed by atoms with Gasteiger partial charge in [-0.25, -0.2) is 10.4 Å². The molecule has 7 nitrogen and oxygen atoms in total. The van der Waals surface area contributed by atoms with Crippen molar-refractivity contribution in [3.63, 3.8) is 0 Å². The Morgan fingerprint density at radius 1 is 1.11 bits per heavy atom. The third-order valence-electron chi connectivity index (χ3n) is 4.72. The molecule has 1 saturated heterocycles. The number of hydrogen-bond acceptors (Lipinski definition) is 7. The maximum absolute atomic E-state index is 5.20. The maximum atomic E-state index is 5.20. The van der Waals surface area contributed by atoms with Crippen LogP contribution in [-0.2, 0) is 0 Å². The minimum atomic E-state index is 0.247. The fraction of sp³-hybridized carbons (Fsp3) is 0.250. The highest BCUT2D eigenvalue weighted by Gasteiger charge is 2.28. The molecule has 1 aromatic heterocycles. The van der Waals surface area contributed by atoms with Gasteiger partial charge in [0.15, 0.2) is 0 Å². The number of hydrazine groups is 1. The molecule has 27 heavy (non-hydrogen) atoms. The van der Waals surface area contributed by atoms with Crippen LogP contribution in [-0.4, -0.2) is 35.4 Å². The van der Waals surface area contributed by atoms with Gasteiger partial charge in [-0.2, -0.15) is 5.10 Å². The fourth-order valence-corrected chi connectivity index (χ4v) is 3.24. The molecule has 0 amide bonds. The zero-order valence-corrected chi connectivity index (χ0v) is 15.1. The molecule has 1 fully saturated rings. The number of ether oxygens (including phenoxy) is 1. The summed E-state index contributed by atoms with van der Waals surface area (Å²) in [6.07, 6.45) is 1.67. The van der Waals surface area contributed by atoms with E-state index in [1.54, 1.807) is 13.3 Å². The van der Waals surface area contributed by atoms with Crippen LogP contribution in [0.15, 0.2) is 60.8 Å². The molecule has 3 aromatic rings. The number of benzene rings is 2. The molecule has 0 radical (unpaired) electrons. The van der Waals surface area contributed by atoms with E-state index in [2.05, 4.69) is 55.6 Å². The Labute approximate surface area is 158 Å². The number of rotatable bonds is 6. The Kier molecular flexibility index (Phi) is 5.22. The number of hydrogen-bond donors (Lipinski definition) is 3. The van der Waals surface area contributed by atoms with Crippen LogP contribution >= 0.6 is 0 Å². The molecule has 2 aromatic carbocycles. The van der Waals surface area contributed by atoms with Crippen molar-refractivity contribution in [1.29, 1.82) is 0 Å². The first-order chi connectivity index (χ1) is 13.3. The van der Waals surface area contributed by atoms with Crippen LogP contribution in [0.1, 0.15) is 11.6 Å². The zero-order valence-electron chi connectivity index (χ0n) is 15.1. The Bertz CT molecular complexity index is 871. The van der Waals surface area contributed by atoms with Crippen LogP contribution in [0.3, 0.4) is 0 Å². The standard InChI is InChI=1S/C20H22N6O/c1-27-17-9-7-14(8-10-17)18-13-23-26-20(24-18)21-11-16-12-22-25-19(16)15-5-3-2-4-6-15/h2-10,13,16,19,22,25H,11-12H2,1H3,(H,21,24,26). The number of aromatic nitrogens is 3. The number of nitrogens with one attached hydrogen (secondary N) is 3. The largest absolute Gasteiger partial charge is 0.497 e. The summed E-state index contributed by atoms with van der Waals surface area (Å²) in [6, 6.07) is 18.4. The third kappa shape index (κ3) is 4.05. The minimum Gasteiger partial charge on any atom is -0.497 e. The molecule has 0 aliphatic carbocycles. The van der Waals surface area contributed by atoms with Gasteiger partial charge >= 0.3 is 0 Å². The smallest absolute Gasteiger partial charge is 0.243 e. The molecule has 0 spiro atoms. The van der Waals surface area contributed by atoms with Crippen molar-refractivity contribution >= 4 is 5.95 Å². The first-order valence-electron chi connectivity index (χ1n) is 8.95. The highest BCUT2D eigenvalue weighted by Crippen LogP contribution is 2.25. The second-order valence-corrected chi connectivity index (χ2v) is 6.45. The molecule has 2 atom stereocenters. The summed E-state index contributed by atoms with van der Waals surface area (Å²) in [6.45, 7) is 1.62. The van der Waals surface area contributed by atoms with Crippen molar-refractivity contribution in [2.45, 2.75) is 6.04 Å². The van der Waals surface area contributed by atoms with Crippen LogP contribution in [0.4, 0.5) is 5.95 Å². The van der Waals surface area contributed by atoms with Crippen molar-refractivity contribution in [1.82, 2.24) is 26.0 Å². The van der Waals surface area contributed by atoms with Crippen LogP contribution < -0.4 is 20.9 Å². The van der Waals surface area contributed by atoms with Crippen LogP contribution in [0, 0.1) is 5.92 Å². The van der Waals surface area contributed by atoms with Gasteiger partial charge in [0.25, 0.3) is 0 Å². The average molecular weight is 362 g/mol. The van der Waals surface area contributed by atoms with Gasteiger partial charge in [0.05, 0.1) is 25.0 Å². The number of nitrogens with zero attached hydrogens (tertiary/aromatic N) is 3. The van der Waals surface area contributed by atoms with E-state index in [0.717, 1.165) is 30.1 Å². The topological polar surface area (TPSA) is 84.0 Å². The highest BCUT2D eigenvalue weighted by molar-refractivity contribution is 5.60. The molecule has 0 bridgehead atoms. The summed E-state index contributed by atoms with van der Waals surface area (Å²) in [5.41, 5.74) is 9.61. The van der Waals surface area contributed by atoms with Gasteiger partial charge in [-0.1, -0.05) is 30.3 Å². The van der Waals surface area contributed by atoms with E-state index in [4.69, 9.17) is 4.74 Å². The zero-order chi connectivity index (χ0) is 18.5. The molecule has 2 heterocycles. The van der Waals surface area contributed by atoms with Crippen molar-refractivity contribution in [3.8, 4) is 17.0 Å². The molecular formula is C20H22N6O. The quantitative estimate of drug-likeness (QED) is 0.621. The Morgan fingerprint density at radius 3 is 2.70 bits per heavy atom. The minimum absolute atomic E-state index is 0.247. The lowest BCUT2D eigenvalue weighted by atomic mass is 9.95. The Morgan fingerprint density at radius 2 is 1.93 bits per heavy atom. The molecule has 1 aliphatic heterocycles. The van der Waals surface area contributed by atoms with E-state index >= 15 is 0 Å².